The molecule has 142 valence electrons. The quantitative estimate of drug-likeness (QED) is 0.416. The molecule has 1 heterocycles. The van der Waals surface area contributed by atoms with E-state index in [1.54, 1.807) is 20.3 Å². The zero-order chi connectivity index (χ0) is 19.2. The van der Waals surface area contributed by atoms with Gasteiger partial charge in [-0.15, -0.1) is 10.2 Å². The van der Waals surface area contributed by atoms with Gasteiger partial charge in [0.1, 0.15) is 17.2 Å². The van der Waals surface area contributed by atoms with Gasteiger partial charge in [0.2, 0.25) is 5.89 Å². The van der Waals surface area contributed by atoms with Crippen molar-refractivity contribution in [3.63, 3.8) is 0 Å². The van der Waals surface area contributed by atoms with Crippen LogP contribution in [0.3, 0.4) is 0 Å². The lowest BCUT2D eigenvalue weighted by molar-refractivity contribution is 0.342. The third kappa shape index (κ3) is 5.17. The van der Waals surface area contributed by atoms with Crippen LogP contribution in [0.15, 0.2) is 46.0 Å². The smallest absolute Gasteiger partial charge is 0.276 e. The molecule has 0 aliphatic heterocycles. The first-order chi connectivity index (χ1) is 13.1. The maximum Gasteiger partial charge on any atom is 0.276 e. The summed E-state index contributed by atoms with van der Waals surface area (Å²) in [6, 6.07) is 11.6. The van der Waals surface area contributed by atoms with Gasteiger partial charge >= 0.3 is 0 Å². The Morgan fingerprint density at radius 2 is 1.52 bits per heavy atom. The van der Waals surface area contributed by atoms with Crippen LogP contribution < -0.4 is 14.2 Å². The van der Waals surface area contributed by atoms with Gasteiger partial charge in [0.15, 0.2) is 0 Å². The molecule has 0 unspecified atom stereocenters. The summed E-state index contributed by atoms with van der Waals surface area (Å²) in [5.41, 5.74) is 3.12. The van der Waals surface area contributed by atoms with Crippen LogP contribution in [0.25, 0.3) is 11.5 Å². The van der Waals surface area contributed by atoms with Crippen LogP contribution in [0.1, 0.15) is 11.1 Å². The highest BCUT2D eigenvalue weighted by atomic mass is 32.2. The zero-order valence-corrected chi connectivity index (χ0v) is 16.6. The minimum Gasteiger partial charge on any atom is -0.497 e. The second kappa shape index (κ2) is 8.81. The van der Waals surface area contributed by atoms with E-state index in [1.165, 1.54) is 22.9 Å². The molecule has 0 amide bonds. The molecule has 0 aliphatic carbocycles. The molecule has 0 spiro atoms. The van der Waals surface area contributed by atoms with Gasteiger partial charge in [-0.2, -0.15) is 0 Å². The molecule has 0 aliphatic rings. The Morgan fingerprint density at radius 1 is 0.852 bits per heavy atom. The van der Waals surface area contributed by atoms with Gasteiger partial charge in [-0.1, -0.05) is 17.8 Å². The summed E-state index contributed by atoms with van der Waals surface area (Å²) in [4.78, 5) is 0. The van der Waals surface area contributed by atoms with Crippen molar-refractivity contribution in [1.29, 1.82) is 0 Å². The lowest BCUT2D eigenvalue weighted by atomic mass is 10.1. The number of nitrogens with zero attached hydrogens (tertiary/aromatic N) is 2. The molecule has 0 atom stereocenters. The fraction of sp³-hybridized carbons (Fsp3) is 0.300. The predicted octanol–water partition coefficient (Wildman–Crippen LogP) is 4.54. The highest BCUT2D eigenvalue weighted by molar-refractivity contribution is 7.99. The molecule has 3 rings (SSSR count). The second-order valence-corrected chi connectivity index (χ2v) is 7.04. The highest BCUT2D eigenvalue weighted by Gasteiger charge is 2.12. The van der Waals surface area contributed by atoms with Crippen LogP contribution in [0.2, 0.25) is 0 Å². The first-order valence-electron chi connectivity index (χ1n) is 8.48. The van der Waals surface area contributed by atoms with Crippen LogP contribution in [0, 0.1) is 13.8 Å². The molecule has 0 fully saturated rings. The molecule has 1 aromatic heterocycles. The van der Waals surface area contributed by atoms with Crippen LogP contribution >= 0.6 is 11.8 Å². The fourth-order valence-corrected chi connectivity index (χ4v) is 3.20. The molecule has 0 N–H and O–H groups in total. The Balaban J connectivity index is 1.58. The normalized spacial score (nSPS) is 10.7. The summed E-state index contributed by atoms with van der Waals surface area (Å²) in [5.74, 6) is 3.33. The Hall–Kier alpha value is -2.67. The van der Waals surface area contributed by atoms with Crippen molar-refractivity contribution < 1.29 is 18.6 Å². The summed E-state index contributed by atoms with van der Waals surface area (Å²) in [5, 5.41) is 8.69. The molecule has 27 heavy (non-hydrogen) atoms. The van der Waals surface area contributed by atoms with Crippen molar-refractivity contribution in [2.24, 2.45) is 0 Å². The second-order valence-electron chi connectivity index (χ2n) is 5.99. The molecule has 0 bridgehead atoms. The minimum atomic E-state index is 0.421. The number of rotatable bonds is 8. The van der Waals surface area contributed by atoms with E-state index in [9.17, 15) is 0 Å². The van der Waals surface area contributed by atoms with Crippen LogP contribution in [-0.4, -0.2) is 36.8 Å². The van der Waals surface area contributed by atoms with Crippen LogP contribution in [0.5, 0.6) is 17.2 Å². The molecular weight excluding hydrogens is 364 g/mol. The zero-order valence-electron chi connectivity index (χ0n) is 15.8. The van der Waals surface area contributed by atoms with Crippen molar-refractivity contribution in [2.75, 3.05) is 26.6 Å². The van der Waals surface area contributed by atoms with E-state index in [1.807, 2.05) is 24.3 Å². The summed E-state index contributed by atoms with van der Waals surface area (Å²) in [7, 11) is 3.20. The van der Waals surface area contributed by atoms with Crippen molar-refractivity contribution in [3.8, 4) is 28.7 Å². The van der Waals surface area contributed by atoms with E-state index in [2.05, 4.69) is 30.1 Å². The standard InChI is InChI=1S/C20H22N2O4S/c1-13-7-14(2)9-18(8-13)25-5-6-27-20-22-21-19(26-20)15-10-16(23-3)12-17(11-15)24-4/h7-12H,5-6H2,1-4H3. The predicted molar refractivity (Wildman–Crippen MR) is 105 cm³/mol. The van der Waals surface area contributed by atoms with Gasteiger partial charge in [-0.25, -0.2) is 0 Å². The molecule has 7 heteroatoms. The largest absolute Gasteiger partial charge is 0.497 e. The van der Waals surface area contributed by atoms with E-state index in [0.29, 0.717) is 35.0 Å². The molecule has 0 saturated heterocycles. The molecule has 6 nitrogen and oxygen atoms in total. The number of benzene rings is 2. The molecule has 0 radical (unpaired) electrons. The van der Waals surface area contributed by atoms with Gasteiger partial charge in [-0.3, -0.25) is 0 Å². The number of aromatic nitrogens is 2. The minimum absolute atomic E-state index is 0.421. The van der Waals surface area contributed by atoms with Gasteiger partial charge in [0.05, 0.1) is 20.8 Å². The molecular formula is C20H22N2O4S. The van der Waals surface area contributed by atoms with E-state index in [0.717, 1.165) is 11.3 Å². The molecule has 2 aromatic carbocycles. The van der Waals surface area contributed by atoms with Gasteiger partial charge in [-0.05, 0) is 49.2 Å². The number of methoxy groups -OCH3 is 2. The first kappa shape index (κ1) is 19.1. The highest BCUT2D eigenvalue weighted by Crippen LogP contribution is 2.30. The summed E-state index contributed by atoms with van der Waals surface area (Å²) >= 11 is 1.46. The number of hydrogen-bond donors (Lipinski definition) is 0. The Labute approximate surface area is 162 Å². The van der Waals surface area contributed by atoms with Crippen LogP contribution in [0.4, 0.5) is 0 Å². The Kier molecular flexibility index (Phi) is 6.24. The van der Waals surface area contributed by atoms with E-state index in [-0.39, 0.29) is 0 Å². The summed E-state index contributed by atoms with van der Waals surface area (Å²) in [6.07, 6.45) is 0. The van der Waals surface area contributed by atoms with Gasteiger partial charge in [0, 0.05) is 17.4 Å². The molecule has 3 aromatic rings. The summed E-state index contributed by atoms with van der Waals surface area (Å²) < 4.78 is 22.1. The lowest BCUT2D eigenvalue weighted by Crippen LogP contribution is -2.00. The maximum atomic E-state index is 5.80. The fourth-order valence-electron chi connectivity index (χ4n) is 2.62. The van der Waals surface area contributed by atoms with E-state index in [4.69, 9.17) is 18.6 Å². The number of ether oxygens (including phenoxy) is 3. The van der Waals surface area contributed by atoms with E-state index >= 15 is 0 Å². The van der Waals surface area contributed by atoms with Crippen LogP contribution in [-0.2, 0) is 0 Å². The van der Waals surface area contributed by atoms with Gasteiger partial charge < -0.3 is 18.6 Å². The SMILES string of the molecule is COc1cc(OC)cc(-c2nnc(SCCOc3cc(C)cc(C)c3)o2)c1. The average Bonchev–Trinajstić information content (AvgIpc) is 3.13. The van der Waals surface area contributed by atoms with Crippen molar-refractivity contribution in [3.05, 3.63) is 47.5 Å². The first-order valence-corrected chi connectivity index (χ1v) is 9.47. The Morgan fingerprint density at radius 3 is 2.15 bits per heavy atom. The van der Waals surface area contributed by atoms with E-state index < -0.39 is 0 Å². The summed E-state index contributed by atoms with van der Waals surface area (Å²) in [6.45, 7) is 4.67. The molecule has 0 saturated carbocycles. The number of aryl methyl sites for hydroxylation is 2. The topological polar surface area (TPSA) is 66.6 Å². The third-order valence-corrected chi connectivity index (χ3v) is 4.56. The number of hydrogen-bond acceptors (Lipinski definition) is 7. The average molecular weight is 386 g/mol. The van der Waals surface area contributed by atoms with Crippen molar-refractivity contribution >= 4 is 11.8 Å². The maximum absolute atomic E-state index is 5.80. The van der Waals surface area contributed by atoms with Crippen molar-refractivity contribution in [1.82, 2.24) is 10.2 Å². The van der Waals surface area contributed by atoms with Gasteiger partial charge in [0.25, 0.3) is 5.22 Å². The van der Waals surface area contributed by atoms with Crippen molar-refractivity contribution in [2.45, 2.75) is 19.1 Å². The lowest BCUT2D eigenvalue weighted by Gasteiger charge is -2.07. The third-order valence-electron chi connectivity index (χ3n) is 3.78. The monoisotopic (exact) mass is 386 g/mol. The Bertz CT molecular complexity index is 868. The number of thioether (sulfide) groups is 1.